The number of carbonyl (C=O) groups excluding carboxylic acids is 1. The van der Waals surface area contributed by atoms with Crippen LogP contribution >= 0.6 is 11.6 Å². The van der Waals surface area contributed by atoms with Crippen molar-refractivity contribution in [3.63, 3.8) is 0 Å². The van der Waals surface area contributed by atoms with E-state index in [1.54, 1.807) is 18.1 Å². The molecular weight excluding hydrogens is 304 g/mol. The molecule has 0 unspecified atom stereocenters. The van der Waals surface area contributed by atoms with Gasteiger partial charge in [-0.25, -0.2) is 4.79 Å². The lowest BCUT2D eigenvalue weighted by Gasteiger charge is -2.26. The van der Waals surface area contributed by atoms with E-state index >= 15 is 0 Å². The van der Waals surface area contributed by atoms with Crippen molar-refractivity contribution in [1.82, 2.24) is 4.90 Å². The summed E-state index contributed by atoms with van der Waals surface area (Å²) in [6, 6.07) is 3.45. The number of hydrogen-bond acceptors (Lipinski definition) is 4. The van der Waals surface area contributed by atoms with E-state index in [0.717, 1.165) is 11.1 Å². The lowest BCUT2D eigenvalue weighted by atomic mass is 9.99. The Kier molecular flexibility index (Phi) is 4.87. The van der Waals surface area contributed by atoms with E-state index in [2.05, 4.69) is 0 Å². The lowest BCUT2D eigenvalue weighted by Crippen LogP contribution is -2.36. The van der Waals surface area contributed by atoms with Crippen molar-refractivity contribution >= 4 is 17.7 Å². The van der Waals surface area contributed by atoms with Crippen molar-refractivity contribution in [2.45, 2.75) is 45.4 Å². The first kappa shape index (κ1) is 16.9. The maximum Gasteiger partial charge on any atom is 0.410 e. The molecule has 1 aromatic carbocycles. The van der Waals surface area contributed by atoms with E-state index in [-0.39, 0.29) is 12.1 Å². The lowest BCUT2D eigenvalue weighted by molar-refractivity contribution is 0.0235. The number of amides is 1. The number of hydrogen-bond donors (Lipinski definition) is 1. The Balaban J connectivity index is 2.30. The van der Waals surface area contributed by atoms with Crippen LogP contribution in [0.3, 0.4) is 0 Å². The van der Waals surface area contributed by atoms with Crippen molar-refractivity contribution < 1.29 is 14.3 Å². The summed E-state index contributed by atoms with van der Waals surface area (Å²) in [4.78, 5) is 14.0. The second-order valence-electron chi connectivity index (χ2n) is 6.47. The molecule has 0 fully saturated rings. The van der Waals surface area contributed by atoms with Gasteiger partial charge in [0.25, 0.3) is 0 Å². The zero-order valence-electron chi connectivity index (χ0n) is 13.5. The first-order valence-corrected chi connectivity index (χ1v) is 7.69. The molecule has 0 spiro atoms. The summed E-state index contributed by atoms with van der Waals surface area (Å²) < 4.78 is 10.7. The molecule has 6 heteroatoms. The molecule has 1 heterocycles. The molecule has 2 rings (SSSR count). The second-order valence-corrected chi connectivity index (χ2v) is 6.88. The normalized spacial score (nSPS) is 18.5. The summed E-state index contributed by atoms with van der Waals surface area (Å²) in [7, 11) is 1.59. The predicted molar refractivity (Wildman–Crippen MR) is 86.2 cm³/mol. The highest BCUT2D eigenvalue weighted by Gasteiger charge is 2.28. The standard InChI is InChI=1S/C16H23ClN2O3/c1-16(2,3)22-15(20)19-6-5-14(18)11-7-10(21-4)8-13(17)12(11)9-19/h7-8,14H,5-6,9,18H2,1-4H3/t14-/m0/s1. The van der Waals surface area contributed by atoms with Gasteiger partial charge in [-0.1, -0.05) is 11.6 Å². The smallest absolute Gasteiger partial charge is 0.410 e. The van der Waals surface area contributed by atoms with Crippen LogP contribution in [0, 0.1) is 0 Å². The Morgan fingerprint density at radius 1 is 1.41 bits per heavy atom. The second kappa shape index (κ2) is 6.34. The topological polar surface area (TPSA) is 64.8 Å². The largest absolute Gasteiger partial charge is 0.497 e. The molecule has 0 saturated heterocycles. The van der Waals surface area contributed by atoms with Crippen LogP contribution in [0.5, 0.6) is 5.75 Å². The highest BCUT2D eigenvalue weighted by atomic mass is 35.5. The Labute approximate surface area is 136 Å². The molecule has 0 radical (unpaired) electrons. The molecule has 1 atom stereocenters. The molecule has 0 saturated carbocycles. The van der Waals surface area contributed by atoms with Gasteiger partial charge >= 0.3 is 6.09 Å². The van der Waals surface area contributed by atoms with Crippen molar-refractivity contribution in [2.24, 2.45) is 5.73 Å². The summed E-state index contributed by atoms with van der Waals surface area (Å²) >= 11 is 6.35. The third-order valence-electron chi connectivity index (χ3n) is 3.55. The van der Waals surface area contributed by atoms with Crippen molar-refractivity contribution in [1.29, 1.82) is 0 Å². The summed E-state index contributed by atoms with van der Waals surface area (Å²) in [5.74, 6) is 0.671. The predicted octanol–water partition coefficient (Wildman–Crippen LogP) is 3.49. The molecule has 122 valence electrons. The Morgan fingerprint density at radius 2 is 2.09 bits per heavy atom. The Hall–Kier alpha value is -1.46. The number of nitrogens with two attached hydrogens (primary N) is 1. The van der Waals surface area contributed by atoms with E-state index in [0.29, 0.717) is 30.3 Å². The Morgan fingerprint density at radius 3 is 2.68 bits per heavy atom. The van der Waals surface area contributed by atoms with Crippen molar-refractivity contribution in [2.75, 3.05) is 13.7 Å². The zero-order chi connectivity index (χ0) is 16.5. The SMILES string of the molecule is COc1cc(Cl)c2c(c1)[C@@H](N)CCN(C(=O)OC(C)(C)C)C2. The summed E-state index contributed by atoms with van der Waals surface area (Å²) in [6.45, 7) is 6.46. The van der Waals surface area contributed by atoms with Crippen LogP contribution in [0.1, 0.15) is 44.4 Å². The number of carbonyl (C=O) groups is 1. The summed E-state index contributed by atoms with van der Waals surface area (Å²) in [6.07, 6.45) is 0.301. The highest BCUT2D eigenvalue weighted by Crippen LogP contribution is 2.34. The quantitative estimate of drug-likeness (QED) is 0.858. The first-order valence-electron chi connectivity index (χ1n) is 7.31. The molecule has 5 nitrogen and oxygen atoms in total. The number of methoxy groups -OCH3 is 1. The number of nitrogens with zero attached hydrogens (tertiary/aromatic N) is 1. The van der Waals surface area contributed by atoms with Crippen LogP contribution in [-0.4, -0.2) is 30.2 Å². The minimum absolute atomic E-state index is 0.185. The average molecular weight is 327 g/mol. The Bertz CT molecular complexity index is 569. The highest BCUT2D eigenvalue weighted by molar-refractivity contribution is 6.31. The molecule has 0 aromatic heterocycles. The molecular formula is C16H23ClN2O3. The van der Waals surface area contributed by atoms with Crippen LogP contribution in [-0.2, 0) is 11.3 Å². The van der Waals surface area contributed by atoms with E-state index in [4.69, 9.17) is 26.8 Å². The fourth-order valence-corrected chi connectivity index (χ4v) is 2.73. The van der Waals surface area contributed by atoms with Gasteiger partial charge in [-0.2, -0.15) is 0 Å². The zero-order valence-corrected chi connectivity index (χ0v) is 14.2. The maximum absolute atomic E-state index is 12.3. The number of fused-ring (bicyclic) bond motifs is 1. The summed E-state index contributed by atoms with van der Waals surface area (Å²) in [5, 5.41) is 0.556. The third-order valence-corrected chi connectivity index (χ3v) is 3.89. The average Bonchev–Trinajstić information content (AvgIpc) is 2.57. The maximum atomic E-state index is 12.3. The fraction of sp³-hybridized carbons (Fsp3) is 0.562. The molecule has 1 aromatic rings. The van der Waals surface area contributed by atoms with Gasteiger partial charge in [0.1, 0.15) is 11.4 Å². The molecule has 1 amide bonds. The minimum Gasteiger partial charge on any atom is -0.497 e. The van der Waals surface area contributed by atoms with Crippen molar-refractivity contribution in [3.05, 3.63) is 28.3 Å². The van der Waals surface area contributed by atoms with Gasteiger partial charge in [-0.15, -0.1) is 0 Å². The van der Waals surface area contributed by atoms with Gasteiger partial charge in [-0.3, -0.25) is 0 Å². The fourth-order valence-electron chi connectivity index (χ4n) is 2.45. The third kappa shape index (κ3) is 3.84. The van der Waals surface area contributed by atoms with Gasteiger partial charge in [0.15, 0.2) is 0 Å². The molecule has 1 aliphatic heterocycles. The molecule has 0 aliphatic carbocycles. The first-order chi connectivity index (χ1) is 10.2. The molecule has 2 N–H and O–H groups in total. The van der Waals surface area contributed by atoms with Crippen LogP contribution in [0.15, 0.2) is 12.1 Å². The molecule has 22 heavy (non-hydrogen) atoms. The van der Waals surface area contributed by atoms with E-state index in [1.165, 1.54) is 0 Å². The monoisotopic (exact) mass is 326 g/mol. The molecule has 0 bridgehead atoms. The van der Waals surface area contributed by atoms with E-state index in [1.807, 2.05) is 26.8 Å². The van der Waals surface area contributed by atoms with Crippen molar-refractivity contribution in [3.8, 4) is 5.75 Å². The molecule has 1 aliphatic rings. The van der Waals surface area contributed by atoms with Gasteiger partial charge in [0.05, 0.1) is 13.7 Å². The van der Waals surface area contributed by atoms with Gasteiger partial charge in [0.2, 0.25) is 0 Å². The van der Waals surface area contributed by atoms with Crippen LogP contribution in [0.25, 0.3) is 0 Å². The number of halogens is 1. The summed E-state index contributed by atoms with van der Waals surface area (Å²) in [5.41, 5.74) is 7.49. The van der Waals surface area contributed by atoms with E-state index < -0.39 is 5.60 Å². The minimum atomic E-state index is -0.530. The van der Waals surface area contributed by atoms with Gasteiger partial charge in [-0.05, 0) is 50.5 Å². The van der Waals surface area contributed by atoms with Crippen LogP contribution in [0.4, 0.5) is 4.79 Å². The van der Waals surface area contributed by atoms with Crippen LogP contribution in [0.2, 0.25) is 5.02 Å². The van der Waals surface area contributed by atoms with Gasteiger partial charge < -0.3 is 20.1 Å². The van der Waals surface area contributed by atoms with E-state index in [9.17, 15) is 4.79 Å². The van der Waals surface area contributed by atoms with Gasteiger partial charge in [0, 0.05) is 17.6 Å². The number of rotatable bonds is 1. The van der Waals surface area contributed by atoms with Crippen LogP contribution < -0.4 is 10.5 Å². The number of benzene rings is 1. The number of ether oxygens (including phenoxy) is 2.